The number of hydrogen-bond donors (Lipinski definition) is 2. The van der Waals surface area contributed by atoms with E-state index in [0.717, 1.165) is 62.1 Å². The number of fused-ring (bicyclic) bond motifs is 2. The number of H-pyrrole nitrogens is 1. The molecule has 0 amide bonds. The summed E-state index contributed by atoms with van der Waals surface area (Å²) >= 11 is 6.03. The zero-order chi connectivity index (χ0) is 33.8. The number of thiol groups is 1. The number of hydrogen-bond acceptors (Lipinski definition) is 6. The molecule has 3 aromatic carbocycles. The van der Waals surface area contributed by atoms with Gasteiger partial charge in [-0.25, -0.2) is 4.98 Å². The first kappa shape index (κ1) is 32.9. The number of unbranched alkanes of at least 4 members (excludes halogenated alkanes) is 1. The molecular weight excluding hydrogens is 631 g/mol. The second-order valence-corrected chi connectivity index (χ2v) is 13.5. The molecule has 1 N–H and O–H groups in total. The Morgan fingerprint density at radius 3 is 2.35 bits per heavy atom. The fourth-order valence-corrected chi connectivity index (χ4v) is 7.45. The van der Waals surface area contributed by atoms with Crippen LogP contribution in [0.25, 0.3) is 54.7 Å². The predicted molar refractivity (Wildman–Crippen MR) is 201 cm³/mol. The van der Waals surface area contributed by atoms with Crippen molar-refractivity contribution in [3.63, 3.8) is 0 Å². The predicted octanol–water partition coefficient (Wildman–Crippen LogP) is 8.89. The third-order valence-corrected chi connectivity index (χ3v) is 10.1. The van der Waals surface area contributed by atoms with Crippen LogP contribution in [0.2, 0.25) is 0 Å². The van der Waals surface area contributed by atoms with Gasteiger partial charge in [-0.3, -0.25) is 0 Å². The molecule has 0 bridgehead atoms. The van der Waals surface area contributed by atoms with Crippen molar-refractivity contribution in [2.45, 2.75) is 39.5 Å². The Kier molecular flexibility index (Phi) is 9.87. The summed E-state index contributed by atoms with van der Waals surface area (Å²) in [5.41, 5.74) is 5.12. The molecule has 0 fully saturated rings. The summed E-state index contributed by atoms with van der Waals surface area (Å²) < 4.78 is 9.27. The smallest absolute Gasteiger partial charge is 0.137 e. The fraction of sp³-hybridized carbons (Fsp3) is 0.225. The molecule has 8 heteroatoms. The van der Waals surface area contributed by atoms with E-state index in [-0.39, 0.29) is 0 Å². The molecule has 240 valence electrons. The van der Waals surface area contributed by atoms with Gasteiger partial charge in [-0.2, -0.15) is 10.5 Å². The number of nitrogens with one attached hydrogen (secondary N) is 1. The van der Waals surface area contributed by atoms with Crippen molar-refractivity contribution in [1.29, 1.82) is 10.5 Å². The highest BCUT2D eigenvalue weighted by Gasteiger charge is 2.25. The van der Waals surface area contributed by atoms with E-state index in [4.69, 9.17) is 9.72 Å². The minimum atomic E-state index is 0.357. The SMILES string of the molecule is C=C(S)/C(C#N)=c1/c2c(-c3ccccc3)[nH]/c(=C(/C#N)c3nc4ccccc4s3)c2c(-c2ccc(OCC(CC)CCCC)cc2)n1C. The van der Waals surface area contributed by atoms with Gasteiger partial charge in [-0.15, -0.1) is 24.0 Å². The molecule has 1 unspecified atom stereocenters. The molecule has 0 saturated carbocycles. The molecule has 0 radical (unpaired) electrons. The van der Waals surface area contributed by atoms with Crippen LogP contribution in [0, 0.1) is 28.6 Å². The second kappa shape index (κ2) is 14.4. The van der Waals surface area contributed by atoms with Gasteiger partial charge in [0, 0.05) is 22.7 Å². The first-order valence-corrected chi connectivity index (χ1v) is 17.5. The van der Waals surface area contributed by atoms with Crippen LogP contribution in [-0.2, 0) is 7.05 Å². The van der Waals surface area contributed by atoms with Crippen molar-refractivity contribution < 1.29 is 4.74 Å². The lowest BCUT2D eigenvalue weighted by atomic mass is 10.0. The summed E-state index contributed by atoms with van der Waals surface area (Å²) in [7, 11) is 1.95. The van der Waals surface area contributed by atoms with Crippen molar-refractivity contribution in [3.8, 4) is 40.4 Å². The first-order valence-electron chi connectivity index (χ1n) is 16.2. The minimum absolute atomic E-state index is 0.357. The summed E-state index contributed by atoms with van der Waals surface area (Å²) in [6, 6.07) is 30.8. The average Bonchev–Trinajstić information content (AvgIpc) is 3.78. The van der Waals surface area contributed by atoms with Crippen molar-refractivity contribution >= 4 is 56.1 Å². The molecule has 6 nitrogen and oxygen atoms in total. The van der Waals surface area contributed by atoms with Crippen LogP contribution >= 0.6 is 24.0 Å². The van der Waals surface area contributed by atoms with Gasteiger partial charge in [0.15, 0.2) is 0 Å². The monoisotopic (exact) mass is 667 g/mol. The Morgan fingerprint density at radius 2 is 1.71 bits per heavy atom. The highest BCUT2D eigenvalue weighted by molar-refractivity contribution is 7.85. The molecule has 6 aromatic rings. The minimum Gasteiger partial charge on any atom is -0.493 e. The molecule has 0 saturated heterocycles. The van der Waals surface area contributed by atoms with Crippen LogP contribution in [0.15, 0.2) is 90.3 Å². The molecule has 0 spiro atoms. The van der Waals surface area contributed by atoms with E-state index in [1.165, 1.54) is 24.2 Å². The van der Waals surface area contributed by atoms with Crippen molar-refractivity contribution in [1.82, 2.24) is 14.5 Å². The number of nitriles is 2. The molecule has 3 aromatic heterocycles. The van der Waals surface area contributed by atoms with Gasteiger partial charge in [0.25, 0.3) is 0 Å². The maximum atomic E-state index is 10.7. The third kappa shape index (κ3) is 6.18. The molecule has 0 aliphatic rings. The van der Waals surface area contributed by atoms with E-state index >= 15 is 0 Å². The maximum absolute atomic E-state index is 10.7. The fourth-order valence-electron chi connectivity index (χ4n) is 6.33. The molecule has 48 heavy (non-hydrogen) atoms. The Bertz CT molecular complexity index is 2300. The molecular formula is C40H37N5OS2. The third-order valence-electron chi connectivity index (χ3n) is 8.87. The summed E-state index contributed by atoms with van der Waals surface area (Å²) in [4.78, 5) is 8.86. The van der Waals surface area contributed by atoms with E-state index in [0.29, 0.717) is 44.3 Å². The molecule has 0 aliphatic heterocycles. The van der Waals surface area contributed by atoms with Gasteiger partial charge in [-0.1, -0.05) is 82.2 Å². The highest BCUT2D eigenvalue weighted by atomic mass is 32.1. The van der Waals surface area contributed by atoms with Gasteiger partial charge >= 0.3 is 0 Å². The summed E-state index contributed by atoms with van der Waals surface area (Å²) in [6.45, 7) is 9.16. The van der Waals surface area contributed by atoms with E-state index in [2.05, 4.69) is 50.2 Å². The summed E-state index contributed by atoms with van der Waals surface area (Å²) in [5.74, 6) is 1.33. The first-order chi connectivity index (χ1) is 23.4. The van der Waals surface area contributed by atoms with Gasteiger partial charge in [0.2, 0.25) is 0 Å². The Morgan fingerprint density at radius 1 is 0.979 bits per heavy atom. The Labute approximate surface area is 290 Å². The normalized spacial score (nSPS) is 13.2. The van der Waals surface area contributed by atoms with Gasteiger partial charge in [0.05, 0.1) is 44.5 Å². The lowest BCUT2D eigenvalue weighted by molar-refractivity contribution is 0.233. The van der Waals surface area contributed by atoms with E-state index < -0.39 is 0 Å². The van der Waals surface area contributed by atoms with Crippen molar-refractivity contribution in [3.05, 3.63) is 106 Å². The molecule has 0 aliphatic carbocycles. The molecule has 1 atom stereocenters. The van der Waals surface area contributed by atoms with Crippen molar-refractivity contribution in [2.75, 3.05) is 6.61 Å². The number of nitrogens with zero attached hydrogens (tertiary/aromatic N) is 4. The highest BCUT2D eigenvalue weighted by Crippen LogP contribution is 2.35. The Balaban J connectivity index is 1.66. The zero-order valence-electron chi connectivity index (χ0n) is 27.4. The van der Waals surface area contributed by atoms with E-state index in [1.54, 1.807) is 0 Å². The molecule has 3 heterocycles. The van der Waals surface area contributed by atoms with Crippen LogP contribution in [0.3, 0.4) is 0 Å². The van der Waals surface area contributed by atoms with E-state index in [9.17, 15) is 10.5 Å². The van der Waals surface area contributed by atoms with Crippen LogP contribution < -0.4 is 15.4 Å². The lowest BCUT2D eigenvalue weighted by Crippen LogP contribution is -2.18. The number of para-hydroxylation sites is 1. The number of aromatic nitrogens is 3. The topological polar surface area (TPSA) is 90.4 Å². The number of ether oxygens (including phenoxy) is 1. The van der Waals surface area contributed by atoms with Crippen LogP contribution in [0.5, 0.6) is 5.75 Å². The lowest BCUT2D eigenvalue weighted by Gasteiger charge is -2.16. The van der Waals surface area contributed by atoms with Gasteiger partial charge in [0.1, 0.15) is 28.5 Å². The maximum Gasteiger partial charge on any atom is 0.137 e. The van der Waals surface area contributed by atoms with Gasteiger partial charge in [-0.05, 0) is 59.9 Å². The summed E-state index contributed by atoms with van der Waals surface area (Å²) in [6.07, 6.45) is 4.63. The van der Waals surface area contributed by atoms with E-state index in [1.807, 2.05) is 90.5 Å². The zero-order valence-corrected chi connectivity index (χ0v) is 29.1. The summed E-state index contributed by atoms with van der Waals surface area (Å²) in [5, 5.41) is 24.7. The Hall–Kier alpha value is -5.02. The largest absolute Gasteiger partial charge is 0.493 e. The number of allylic oxidation sites excluding steroid dienone is 1. The number of thiazole rings is 1. The second-order valence-electron chi connectivity index (χ2n) is 11.9. The van der Waals surface area contributed by atoms with Crippen LogP contribution in [0.4, 0.5) is 0 Å². The van der Waals surface area contributed by atoms with Gasteiger partial charge < -0.3 is 14.3 Å². The number of benzene rings is 3. The average molecular weight is 668 g/mol. The molecule has 6 rings (SSSR count). The number of aromatic amines is 1. The van der Waals surface area contributed by atoms with Crippen LogP contribution in [0.1, 0.15) is 44.5 Å². The number of rotatable bonds is 11. The standard InChI is InChI=1S/C40H37N5OS2/c1-5-7-13-26(6-2)24-46-29-20-18-28(19-21-29)38-35-34(39(45(38)4)30(22-41)25(3)47)36(27-14-9-8-10-15-27)44-37(35)31(23-42)40-43-32-16-11-12-17-33(32)48-40/h8-12,14-21,26,44,47H,3,5-7,13,24H2,1-2,4H3/b37-31-,39-30-. The van der Waals surface area contributed by atoms with Crippen molar-refractivity contribution in [2.24, 2.45) is 13.0 Å². The van der Waals surface area contributed by atoms with Crippen LogP contribution in [-0.4, -0.2) is 21.1 Å². The quantitative estimate of drug-likeness (QED) is 0.135.